The van der Waals surface area contributed by atoms with Gasteiger partial charge in [0.1, 0.15) is 5.75 Å². The Morgan fingerprint density at radius 1 is 1.26 bits per heavy atom. The van der Waals surface area contributed by atoms with Gasteiger partial charge in [-0.25, -0.2) is 0 Å². The third kappa shape index (κ3) is 2.64. The average Bonchev–Trinajstić information content (AvgIpc) is 2.75. The number of benzene rings is 1. The van der Waals surface area contributed by atoms with Crippen LogP contribution in [0.25, 0.3) is 0 Å². The Morgan fingerprint density at radius 3 is 2.42 bits per heavy atom. The van der Waals surface area contributed by atoms with Crippen molar-refractivity contribution in [3.8, 4) is 5.75 Å². The molecule has 1 fully saturated rings. The van der Waals surface area contributed by atoms with Gasteiger partial charge < -0.3 is 10.1 Å². The van der Waals surface area contributed by atoms with Gasteiger partial charge in [-0.05, 0) is 38.6 Å². The molecule has 1 atom stereocenters. The first-order chi connectivity index (χ1) is 8.78. The highest BCUT2D eigenvalue weighted by Gasteiger charge is 2.35. The van der Waals surface area contributed by atoms with E-state index in [4.69, 9.17) is 4.74 Å². The van der Waals surface area contributed by atoms with Crippen LogP contribution in [-0.4, -0.2) is 13.7 Å². The molecule has 1 unspecified atom stereocenters. The van der Waals surface area contributed by atoms with Gasteiger partial charge in [0.05, 0.1) is 7.11 Å². The molecule has 1 aliphatic heterocycles. The summed E-state index contributed by atoms with van der Waals surface area (Å²) in [6, 6.07) is 4.55. The largest absolute Gasteiger partial charge is 0.496 e. The molecule has 0 spiro atoms. The average molecular weight is 261 g/mol. The molecule has 0 bridgehead atoms. The molecule has 0 radical (unpaired) electrons. The number of hydrogen-bond donors (Lipinski definition) is 1. The molecule has 1 aliphatic rings. The van der Waals surface area contributed by atoms with Crippen molar-refractivity contribution in [2.24, 2.45) is 0 Å². The highest BCUT2D eigenvalue weighted by atomic mass is 16.5. The van der Waals surface area contributed by atoms with Crippen LogP contribution in [0.15, 0.2) is 12.1 Å². The van der Waals surface area contributed by atoms with Crippen molar-refractivity contribution in [2.45, 2.75) is 58.4 Å². The maximum absolute atomic E-state index is 5.80. The van der Waals surface area contributed by atoms with Crippen LogP contribution >= 0.6 is 0 Å². The van der Waals surface area contributed by atoms with E-state index < -0.39 is 0 Å². The van der Waals surface area contributed by atoms with E-state index in [1.807, 2.05) is 0 Å². The van der Waals surface area contributed by atoms with E-state index in [2.05, 4.69) is 52.1 Å². The van der Waals surface area contributed by atoms with Crippen molar-refractivity contribution in [3.63, 3.8) is 0 Å². The summed E-state index contributed by atoms with van der Waals surface area (Å²) in [5, 5.41) is 3.65. The molecule has 0 amide bonds. The van der Waals surface area contributed by atoms with Gasteiger partial charge in [-0.1, -0.05) is 38.5 Å². The fraction of sp³-hybridized carbons (Fsp3) is 0.647. The van der Waals surface area contributed by atoms with E-state index in [9.17, 15) is 0 Å². The van der Waals surface area contributed by atoms with Gasteiger partial charge in [0.15, 0.2) is 0 Å². The van der Waals surface area contributed by atoms with Gasteiger partial charge in [0, 0.05) is 16.7 Å². The van der Waals surface area contributed by atoms with Crippen LogP contribution in [-0.2, 0) is 11.0 Å². The third-order valence-corrected chi connectivity index (χ3v) is 4.21. The van der Waals surface area contributed by atoms with Crippen LogP contribution < -0.4 is 10.1 Å². The Labute approximate surface area is 117 Å². The zero-order valence-corrected chi connectivity index (χ0v) is 13.2. The van der Waals surface area contributed by atoms with E-state index in [-0.39, 0.29) is 11.0 Å². The number of hydrogen-bond acceptors (Lipinski definition) is 2. The summed E-state index contributed by atoms with van der Waals surface area (Å²) in [5.41, 5.74) is 4.09. The molecule has 0 aromatic heterocycles. The van der Waals surface area contributed by atoms with Crippen LogP contribution in [0, 0.1) is 6.92 Å². The Balaban J connectivity index is 2.63. The zero-order valence-electron chi connectivity index (χ0n) is 13.2. The first-order valence-electron chi connectivity index (χ1n) is 7.22. The van der Waals surface area contributed by atoms with Gasteiger partial charge >= 0.3 is 0 Å². The maximum Gasteiger partial charge on any atom is 0.127 e. The van der Waals surface area contributed by atoms with Gasteiger partial charge in [-0.2, -0.15) is 0 Å². The Hall–Kier alpha value is -1.02. The fourth-order valence-corrected chi connectivity index (χ4v) is 3.08. The molecule has 1 aromatic rings. The Morgan fingerprint density at radius 2 is 1.95 bits per heavy atom. The molecule has 1 aromatic carbocycles. The first kappa shape index (κ1) is 14.4. The van der Waals surface area contributed by atoms with Crippen LogP contribution in [0.1, 0.15) is 57.2 Å². The molecular formula is C17H27NO. The van der Waals surface area contributed by atoms with Crippen LogP contribution in [0.5, 0.6) is 5.75 Å². The lowest BCUT2D eigenvalue weighted by Gasteiger charge is -2.32. The summed E-state index contributed by atoms with van der Waals surface area (Å²) >= 11 is 0. The molecule has 106 valence electrons. The standard InChI is InChI=1S/C17H27NO/c1-12-10-13(16(2,3)4)15(19-6)14(11-12)17(5)8-7-9-18-17/h10-11,18H,7-9H2,1-6H3. The summed E-state index contributed by atoms with van der Waals surface area (Å²) < 4.78 is 5.80. The lowest BCUT2D eigenvalue weighted by Crippen LogP contribution is -2.34. The van der Waals surface area contributed by atoms with E-state index in [1.54, 1.807) is 7.11 Å². The second-order valence-electron chi connectivity index (χ2n) is 7.01. The normalized spacial score (nSPS) is 23.7. The summed E-state index contributed by atoms with van der Waals surface area (Å²) in [6.07, 6.45) is 2.41. The van der Waals surface area contributed by atoms with Crippen molar-refractivity contribution in [3.05, 3.63) is 28.8 Å². The quantitative estimate of drug-likeness (QED) is 0.872. The van der Waals surface area contributed by atoms with Crippen molar-refractivity contribution >= 4 is 0 Å². The smallest absolute Gasteiger partial charge is 0.127 e. The predicted octanol–water partition coefficient (Wildman–Crippen LogP) is 3.90. The van der Waals surface area contributed by atoms with E-state index in [0.717, 1.165) is 12.3 Å². The molecule has 0 saturated carbocycles. The molecule has 1 N–H and O–H groups in total. The molecule has 0 aliphatic carbocycles. The van der Waals surface area contributed by atoms with E-state index in [0.29, 0.717) is 0 Å². The topological polar surface area (TPSA) is 21.3 Å². The lowest BCUT2D eigenvalue weighted by atomic mass is 9.80. The van der Waals surface area contributed by atoms with Crippen LogP contribution in [0.2, 0.25) is 0 Å². The number of methoxy groups -OCH3 is 1. The molecule has 1 saturated heterocycles. The highest BCUT2D eigenvalue weighted by Crippen LogP contribution is 2.42. The van der Waals surface area contributed by atoms with E-state index >= 15 is 0 Å². The number of aryl methyl sites for hydroxylation is 1. The van der Waals surface area contributed by atoms with Gasteiger partial charge in [-0.3, -0.25) is 0 Å². The second-order valence-corrected chi connectivity index (χ2v) is 7.01. The monoisotopic (exact) mass is 261 g/mol. The van der Waals surface area contributed by atoms with Gasteiger partial charge in [0.2, 0.25) is 0 Å². The molecule has 2 nitrogen and oxygen atoms in total. The Bertz CT molecular complexity index is 465. The summed E-state index contributed by atoms with van der Waals surface area (Å²) in [6.45, 7) is 12.3. The zero-order chi connectivity index (χ0) is 14.3. The first-order valence-corrected chi connectivity index (χ1v) is 7.22. The number of nitrogens with one attached hydrogen (secondary N) is 1. The second kappa shape index (κ2) is 4.82. The number of rotatable bonds is 2. The van der Waals surface area contributed by atoms with Crippen molar-refractivity contribution < 1.29 is 4.74 Å². The minimum atomic E-state index is 0.0529. The van der Waals surface area contributed by atoms with Crippen LogP contribution in [0.3, 0.4) is 0 Å². The molecule has 2 heteroatoms. The molecule has 2 rings (SSSR count). The minimum Gasteiger partial charge on any atom is -0.496 e. The van der Waals surface area contributed by atoms with Gasteiger partial charge in [0.25, 0.3) is 0 Å². The lowest BCUT2D eigenvalue weighted by molar-refractivity contribution is 0.359. The van der Waals surface area contributed by atoms with Crippen molar-refractivity contribution in [1.29, 1.82) is 0 Å². The van der Waals surface area contributed by atoms with Crippen molar-refractivity contribution in [1.82, 2.24) is 5.32 Å². The van der Waals surface area contributed by atoms with Gasteiger partial charge in [-0.15, -0.1) is 0 Å². The third-order valence-electron chi connectivity index (χ3n) is 4.21. The fourth-order valence-electron chi connectivity index (χ4n) is 3.08. The summed E-state index contributed by atoms with van der Waals surface area (Å²) in [5.74, 6) is 1.06. The maximum atomic E-state index is 5.80. The van der Waals surface area contributed by atoms with Crippen LogP contribution in [0.4, 0.5) is 0 Å². The molecule has 1 heterocycles. The molecule has 19 heavy (non-hydrogen) atoms. The predicted molar refractivity (Wildman–Crippen MR) is 81.0 cm³/mol. The summed E-state index contributed by atoms with van der Waals surface area (Å²) in [4.78, 5) is 0. The number of ether oxygens (including phenoxy) is 1. The highest BCUT2D eigenvalue weighted by molar-refractivity contribution is 5.51. The SMILES string of the molecule is COc1c(C(C)(C)C)cc(C)cc1C1(C)CCCN1. The van der Waals surface area contributed by atoms with Crippen molar-refractivity contribution in [2.75, 3.05) is 13.7 Å². The minimum absolute atomic E-state index is 0.0529. The molecular weight excluding hydrogens is 234 g/mol. The summed E-state index contributed by atoms with van der Waals surface area (Å²) in [7, 11) is 1.79. The Kier molecular flexibility index (Phi) is 3.65. The van der Waals surface area contributed by atoms with E-state index in [1.165, 1.54) is 29.5 Å².